The Morgan fingerprint density at radius 2 is 2.10 bits per heavy atom. The molecule has 8 heteroatoms. The van der Waals surface area contributed by atoms with Crippen molar-refractivity contribution in [1.29, 1.82) is 0 Å². The molecule has 0 aliphatic carbocycles. The second-order valence-electron chi connectivity index (χ2n) is 4.35. The smallest absolute Gasteiger partial charge is 0.372 e. The lowest BCUT2D eigenvalue weighted by molar-refractivity contribution is -0.385. The number of nitrogens with zero attached hydrogens (tertiary/aromatic N) is 3. The lowest BCUT2D eigenvalue weighted by atomic mass is 10.2. The Hall–Kier alpha value is -1.96. The fourth-order valence-corrected chi connectivity index (χ4v) is 1.51. The van der Waals surface area contributed by atoms with Gasteiger partial charge in [-0.3, -0.25) is 10.1 Å². The van der Waals surface area contributed by atoms with Crippen molar-refractivity contribution in [2.45, 2.75) is 26.7 Å². The molecule has 112 valence electrons. The van der Waals surface area contributed by atoms with Gasteiger partial charge in [0.15, 0.2) is 0 Å². The first kappa shape index (κ1) is 16.1. The summed E-state index contributed by atoms with van der Waals surface area (Å²) in [6.07, 6.45) is 0. The third-order valence-electron chi connectivity index (χ3n) is 2.45. The van der Waals surface area contributed by atoms with Crippen LogP contribution in [0.2, 0.25) is 0 Å². The van der Waals surface area contributed by atoms with Crippen LogP contribution in [0, 0.1) is 10.1 Å². The van der Waals surface area contributed by atoms with E-state index in [0.29, 0.717) is 25.6 Å². The van der Waals surface area contributed by atoms with Crippen LogP contribution in [-0.2, 0) is 4.74 Å². The summed E-state index contributed by atoms with van der Waals surface area (Å²) in [5, 5.41) is 14.1. The van der Waals surface area contributed by atoms with Crippen LogP contribution in [0.4, 0.5) is 11.5 Å². The Bertz CT molecular complexity index is 465. The average Bonchev–Trinajstić information content (AvgIpc) is 2.38. The molecule has 0 fully saturated rings. The van der Waals surface area contributed by atoms with E-state index in [0.717, 1.165) is 0 Å². The van der Waals surface area contributed by atoms with Crippen LogP contribution in [0.15, 0.2) is 0 Å². The molecule has 1 aromatic rings. The van der Waals surface area contributed by atoms with Crippen LogP contribution in [0.25, 0.3) is 0 Å². The number of hydrogen-bond acceptors (Lipinski definition) is 7. The standard InChI is InChI=1S/C12H20N4O4/c1-5-20-12-9(16(17)18)11(13-6-7-19-4)14-10(15-12)8(2)3/h8H,5-7H2,1-4H3,(H,13,14,15). The monoisotopic (exact) mass is 284 g/mol. The van der Waals surface area contributed by atoms with Crippen LogP contribution >= 0.6 is 0 Å². The van der Waals surface area contributed by atoms with E-state index in [9.17, 15) is 10.1 Å². The van der Waals surface area contributed by atoms with E-state index in [-0.39, 0.29) is 23.3 Å². The predicted molar refractivity (Wildman–Crippen MR) is 74.3 cm³/mol. The van der Waals surface area contributed by atoms with E-state index in [1.54, 1.807) is 14.0 Å². The molecule has 1 aromatic heterocycles. The number of aromatic nitrogens is 2. The van der Waals surface area contributed by atoms with Gasteiger partial charge in [0.05, 0.1) is 18.1 Å². The van der Waals surface area contributed by atoms with Gasteiger partial charge in [0.2, 0.25) is 5.82 Å². The van der Waals surface area contributed by atoms with Crippen molar-refractivity contribution in [3.8, 4) is 5.88 Å². The molecule has 0 unspecified atom stereocenters. The molecule has 0 amide bonds. The van der Waals surface area contributed by atoms with Crippen molar-refractivity contribution in [1.82, 2.24) is 9.97 Å². The fraction of sp³-hybridized carbons (Fsp3) is 0.667. The van der Waals surface area contributed by atoms with Crippen molar-refractivity contribution < 1.29 is 14.4 Å². The van der Waals surface area contributed by atoms with Crippen molar-refractivity contribution in [3.63, 3.8) is 0 Å². The molecule has 0 aromatic carbocycles. The summed E-state index contributed by atoms with van der Waals surface area (Å²) in [7, 11) is 1.56. The maximum absolute atomic E-state index is 11.2. The fourth-order valence-electron chi connectivity index (χ4n) is 1.51. The molecule has 0 saturated heterocycles. The molecule has 0 radical (unpaired) electrons. The van der Waals surface area contributed by atoms with E-state index in [1.807, 2.05) is 13.8 Å². The number of nitrogens with one attached hydrogen (secondary N) is 1. The van der Waals surface area contributed by atoms with Crippen LogP contribution < -0.4 is 10.1 Å². The van der Waals surface area contributed by atoms with Gasteiger partial charge in [-0.05, 0) is 6.92 Å². The van der Waals surface area contributed by atoms with Crippen molar-refractivity contribution in [2.75, 3.05) is 32.2 Å². The molecular formula is C12H20N4O4. The predicted octanol–water partition coefficient (Wildman–Crippen LogP) is 1.97. The molecule has 8 nitrogen and oxygen atoms in total. The van der Waals surface area contributed by atoms with Gasteiger partial charge in [-0.1, -0.05) is 13.8 Å². The minimum Gasteiger partial charge on any atom is -0.473 e. The maximum Gasteiger partial charge on any atom is 0.372 e. The molecule has 20 heavy (non-hydrogen) atoms. The highest BCUT2D eigenvalue weighted by molar-refractivity contribution is 5.61. The normalized spacial score (nSPS) is 10.7. The summed E-state index contributed by atoms with van der Waals surface area (Å²) in [5.74, 6) is 0.697. The number of rotatable bonds is 8. The van der Waals surface area contributed by atoms with Crippen molar-refractivity contribution in [3.05, 3.63) is 15.9 Å². The molecular weight excluding hydrogens is 264 g/mol. The highest BCUT2D eigenvalue weighted by Gasteiger charge is 2.26. The second kappa shape index (κ2) is 7.59. The molecule has 0 saturated carbocycles. The Morgan fingerprint density at radius 1 is 1.40 bits per heavy atom. The molecule has 1 heterocycles. The molecule has 0 aliphatic rings. The molecule has 0 atom stereocenters. The van der Waals surface area contributed by atoms with Crippen LogP contribution in [0.1, 0.15) is 32.5 Å². The summed E-state index contributed by atoms with van der Waals surface area (Å²) in [6, 6.07) is 0. The van der Waals surface area contributed by atoms with Gasteiger partial charge in [-0.25, -0.2) is 4.98 Å². The Balaban J connectivity index is 3.23. The van der Waals surface area contributed by atoms with Crippen LogP contribution in [0.3, 0.4) is 0 Å². The second-order valence-corrected chi connectivity index (χ2v) is 4.35. The third kappa shape index (κ3) is 4.02. The Morgan fingerprint density at radius 3 is 2.60 bits per heavy atom. The first-order chi connectivity index (χ1) is 9.51. The van der Waals surface area contributed by atoms with Gasteiger partial charge in [0, 0.05) is 19.6 Å². The number of nitro groups is 1. The molecule has 0 spiro atoms. The summed E-state index contributed by atoms with van der Waals surface area (Å²) in [6.45, 7) is 6.71. The van der Waals surface area contributed by atoms with Gasteiger partial charge >= 0.3 is 5.69 Å². The molecule has 0 bridgehead atoms. The zero-order valence-electron chi connectivity index (χ0n) is 12.2. The van der Waals surface area contributed by atoms with Gasteiger partial charge in [-0.15, -0.1) is 0 Å². The topological polar surface area (TPSA) is 99.4 Å². The van der Waals surface area contributed by atoms with E-state index >= 15 is 0 Å². The zero-order chi connectivity index (χ0) is 15.1. The van der Waals surface area contributed by atoms with Crippen LogP contribution in [-0.4, -0.2) is 41.8 Å². The Labute approximate surface area is 117 Å². The van der Waals surface area contributed by atoms with E-state index < -0.39 is 4.92 Å². The van der Waals surface area contributed by atoms with Crippen molar-refractivity contribution in [2.24, 2.45) is 0 Å². The third-order valence-corrected chi connectivity index (χ3v) is 2.45. The number of hydrogen-bond donors (Lipinski definition) is 1. The molecule has 0 aliphatic heterocycles. The van der Waals surface area contributed by atoms with E-state index in [1.165, 1.54) is 0 Å². The van der Waals surface area contributed by atoms with Crippen molar-refractivity contribution >= 4 is 11.5 Å². The summed E-state index contributed by atoms with van der Waals surface area (Å²) in [4.78, 5) is 19.0. The quantitative estimate of drug-likeness (QED) is 0.442. The minimum atomic E-state index is -0.537. The van der Waals surface area contributed by atoms with Gasteiger partial charge in [0.1, 0.15) is 5.82 Å². The summed E-state index contributed by atoms with van der Waals surface area (Å²) >= 11 is 0. The SMILES string of the molecule is CCOc1nc(C(C)C)nc(NCCOC)c1[N+](=O)[O-]. The van der Waals surface area contributed by atoms with Gasteiger partial charge in [0.25, 0.3) is 5.88 Å². The largest absolute Gasteiger partial charge is 0.473 e. The maximum atomic E-state index is 11.2. The lowest BCUT2D eigenvalue weighted by Gasteiger charge is -2.12. The highest BCUT2D eigenvalue weighted by atomic mass is 16.6. The molecule has 1 rings (SSSR count). The minimum absolute atomic E-state index is 0.00360. The van der Waals surface area contributed by atoms with Gasteiger partial charge < -0.3 is 14.8 Å². The summed E-state index contributed by atoms with van der Waals surface area (Å²) < 4.78 is 10.2. The number of anilines is 1. The average molecular weight is 284 g/mol. The number of ether oxygens (including phenoxy) is 2. The van der Waals surface area contributed by atoms with E-state index in [4.69, 9.17) is 9.47 Å². The summed E-state index contributed by atoms with van der Waals surface area (Å²) in [5.41, 5.74) is -0.243. The first-order valence-corrected chi connectivity index (χ1v) is 6.43. The molecule has 1 N–H and O–H groups in total. The van der Waals surface area contributed by atoms with Gasteiger partial charge in [-0.2, -0.15) is 4.98 Å². The number of methoxy groups -OCH3 is 1. The zero-order valence-corrected chi connectivity index (χ0v) is 12.2. The van der Waals surface area contributed by atoms with Crippen LogP contribution in [0.5, 0.6) is 5.88 Å². The first-order valence-electron chi connectivity index (χ1n) is 6.43. The van der Waals surface area contributed by atoms with E-state index in [2.05, 4.69) is 15.3 Å². The Kier molecular flexibility index (Phi) is 6.10. The lowest BCUT2D eigenvalue weighted by Crippen LogP contribution is -2.14. The highest BCUT2D eigenvalue weighted by Crippen LogP contribution is 2.33.